The summed E-state index contributed by atoms with van der Waals surface area (Å²) in [5.74, 6) is -1.32. The van der Waals surface area contributed by atoms with Gasteiger partial charge >= 0.3 is 0 Å². The number of halogens is 2. The largest absolute Gasteiger partial charge is 0.378 e. The van der Waals surface area contributed by atoms with Crippen LogP contribution in [0.2, 0.25) is 0 Å². The molecule has 2 aromatic carbocycles. The third-order valence-electron chi connectivity index (χ3n) is 3.26. The fraction of sp³-hybridized carbons (Fsp3) is 0.200. The fourth-order valence-corrected chi connectivity index (χ4v) is 2.12. The van der Waals surface area contributed by atoms with Gasteiger partial charge < -0.3 is 5.32 Å². The minimum absolute atomic E-state index is 0.00220. The molecule has 21 heavy (non-hydrogen) atoms. The predicted octanol–water partition coefficient (Wildman–Crippen LogP) is 4.35. The van der Waals surface area contributed by atoms with Crippen molar-refractivity contribution in [3.63, 3.8) is 0 Å². The quantitative estimate of drug-likeness (QED) is 0.673. The van der Waals surface area contributed by atoms with Gasteiger partial charge in [0.15, 0.2) is 0 Å². The van der Waals surface area contributed by atoms with Crippen molar-refractivity contribution in [3.8, 4) is 0 Å². The molecule has 0 bridgehead atoms. The number of nitrogens with one attached hydrogen (secondary N) is 1. The van der Waals surface area contributed by atoms with E-state index in [-0.39, 0.29) is 5.69 Å². The highest BCUT2D eigenvalue weighted by molar-refractivity contribution is 5.60. The average Bonchev–Trinajstić information content (AvgIpc) is 2.39. The van der Waals surface area contributed by atoms with Gasteiger partial charge in [-0.1, -0.05) is 6.07 Å². The zero-order valence-electron chi connectivity index (χ0n) is 11.6. The first-order valence-electron chi connectivity index (χ1n) is 6.35. The van der Waals surface area contributed by atoms with Crippen molar-refractivity contribution in [2.45, 2.75) is 19.9 Å². The summed E-state index contributed by atoms with van der Waals surface area (Å²) >= 11 is 0. The monoisotopic (exact) mass is 292 g/mol. The second-order valence-corrected chi connectivity index (χ2v) is 4.78. The molecule has 1 N–H and O–H groups in total. The van der Waals surface area contributed by atoms with Gasteiger partial charge in [0, 0.05) is 29.4 Å². The van der Waals surface area contributed by atoms with E-state index in [0.717, 1.165) is 6.07 Å². The standard InChI is InChI=1S/C15H14F2N2O2/c1-9-14(4-3-5-15(9)19(20)21)18-10(2)11-6-12(16)8-13(17)7-11/h3-8,10,18H,1-2H3. The normalized spacial score (nSPS) is 12.0. The second kappa shape index (κ2) is 5.87. The minimum Gasteiger partial charge on any atom is -0.378 e. The summed E-state index contributed by atoms with van der Waals surface area (Å²) in [6.07, 6.45) is 0. The van der Waals surface area contributed by atoms with Gasteiger partial charge in [-0.05, 0) is 37.6 Å². The van der Waals surface area contributed by atoms with Crippen LogP contribution in [0.25, 0.3) is 0 Å². The Labute approximate surface area is 120 Å². The molecular formula is C15H14F2N2O2. The highest BCUT2D eigenvalue weighted by Gasteiger charge is 2.15. The van der Waals surface area contributed by atoms with Crippen LogP contribution in [-0.4, -0.2) is 4.92 Å². The van der Waals surface area contributed by atoms with Crippen molar-refractivity contribution in [2.75, 3.05) is 5.32 Å². The molecule has 1 atom stereocenters. The van der Waals surface area contributed by atoms with Gasteiger partial charge in [0.25, 0.3) is 5.69 Å². The predicted molar refractivity (Wildman–Crippen MR) is 76.2 cm³/mol. The van der Waals surface area contributed by atoms with Crippen LogP contribution in [0.5, 0.6) is 0 Å². The number of nitro benzene ring substituents is 1. The molecule has 6 heteroatoms. The van der Waals surface area contributed by atoms with Crippen LogP contribution in [0.3, 0.4) is 0 Å². The molecule has 0 fully saturated rings. The second-order valence-electron chi connectivity index (χ2n) is 4.78. The van der Waals surface area contributed by atoms with E-state index in [1.54, 1.807) is 26.0 Å². The van der Waals surface area contributed by atoms with Crippen molar-refractivity contribution in [1.82, 2.24) is 0 Å². The summed E-state index contributed by atoms with van der Waals surface area (Å²) in [6.45, 7) is 3.35. The van der Waals surface area contributed by atoms with E-state index in [1.165, 1.54) is 18.2 Å². The van der Waals surface area contributed by atoms with Gasteiger partial charge in [-0.15, -0.1) is 0 Å². The topological polar surface area (TPSA) is 55.2 Å². The van der Waals surface area contributed by atoms with Crippen molar-refractivity contribution in [1.29, 1.82) is 0 Å². The van der Waals surface area contributed by atoms with E-state index in [9.17, 15) is 18.9 Å². The summed E-state index contributed by atoms with van der Waals surface area (Å²) in [5.41, 5.74) is 1.46. The summed E-state index contributed by atoms with van der Waals surface area (Å²) in [6, 6.07) is 7.53. The van der Waals surface area contributed by atoms with Gasteiger partial charge in [0.1, 0.15) is 11.6 Å². The lowest BCUT2D eigenvalue weighted by Gasteiger charge is -2.17. The molecular weight excluding hydrogens is 278 g/mol. The van der Waals surface area contributed by atoms with Gasteiger partial charge in [0.2, 0.25) is 0 Å². The SMILES string of the molecule is Cc1c(NC(C)c2cc(F)cc(F)c2)cccc1[N+](=O)[O-]. The summed E-state index contributed by atoms with van der Waals surface area (Å²) in [5, 5.41) is 13.9. The van der Waals surface area contributed by atoms with Crippen LogP contribution in [0, 0.1) is 28.7 Å². The number of benzene rings is 2. The molecule has 0 heterocycles. The van der Waals surface area contributed by atoms with E-state index < -0.39 is 22.6 Å². The van der Waals surface area contributed by atoms with E-state index in [4.69, 9.17) is 0 Å². The highest BCUT2D eigenvalue weighted by atomic mass is 19.1. The molecule has 0 aliphatic heterocycles. The van der Waals surface area contributed by atoms with Gasteiger partial charge in [0.05, 0.1) is 4.92 Å². The maximum atomic E-state index is 13.2. The first kappa shape index (κ1) is 14.9. The third-order valence-corrected chi connectivity index (χ3v) is 3.26. The number of hydrogen-bond donors (Lipinski definition) is 1. The zero-order chi connectivity index (χ0) is 15.6. The molecule has 110 valence electrons. The molecule has 2 aromatic rings. The summed E-state index contributed by atoms with van der Waals surface area (Å²) in [4.78, 5) is 10.4. The van der Waals surface area contributed by atoms with Gasteiger partial charge in [-0.3, -0.25) is 10.1 Å². The van der Waals surface area contributed by atoms with Gasteiger partial charge in [-0.2, -0.15) is 0 Å². The van der Waals surface area contributed by atoms with E-state index in [2.05, 4.69) is 5.32 Å². The Bertz CT molecular complexity index is 669. The number of nitro groups is 1. The molecule has 0 aromatic heterocycles. The molecule has 4 nitrogen and oxygen atoms in total. The molecule has 0 radical (unpaired) electrons. The Hall–Kier alpha value is -2.50. The molecule has 0 spiro atoms. The van der Waals surface area contributed by atoms with E-state index in [1.807, 2.05) is 0 Å². The minimum atomic E-state index is -0.658. The molecule has 0 saturated carbocycles. The molecule has 0 amide bonds. The van der Waals surface area contributed by atoms with Crippen molar-refractivity contribution in [3.05, 3.63) is 69.3 Å². The summed E-state index contributed by atoms with van der Waals surface area (Å²) < 4.78 is 26.4. The van der Waals surface area contributed by atoms with Crippen LogP contribution in [0.1, 0.15) is 24.1 Å². The van der Waals surface area contributed by atoms with Crippen molar-refractivity contribution in [2.24, 2.45) is 0 Å². The number of nitrogens with zero attached hydrogens (tertiary/aromatic N) is 1. The fourth-order valence-electron chi connectivity index (χ4n) is 2.12. The molecule has 0 aliphatic carbocycles. The Morgan fingerprint density at radius 3 is 2.38 bits per heavy atom. The maximum Gasteiger partial charge on any atom is 0.274 e. The van der Waals surface area contributed by atoms with Crippen LogP contribution >= 0.6 is 0 Å². The highest BCUT2D eigenvalue weighted by Crippen LogP contribution is 2.28. The molecule has 0 saturated heterocycles. The molecule has 0 aliphatic rings. The van der Waals surface area contributed by atoms with Crippen LogP contribution in [0.4, 0.5) is 20.2 Å². The lowest BCUT2D eigenvalue weighted by atomic mass is 10.1. The Kier molecular flexibility index (Phi) is 4.16. The Morgan fingerprint density at radius 1 is 1.19 bits per heavy atom. The van der Waals surface area contributed by atoms with Crippen molar-refractivity contribution < 1.29 is 13.7 Å². The van der Waals surface area contributed by atoms with Crippen LogP contribution < -0.4 is 5.32 Å². The Morgan fingerprint density at radius 2 is 1.81 bits per heavy atom. The maximum absolute atomic E-state index is 13.2. The van der Waals surface area contributed by atoms with Crippen molar-refractivity contribution >= 4 is 11.4 Å². The lowest BCUT2D eigenvalue weighted by molar-refractivity contribution is -0.385. The molecule has 1 unspecified atom stereocenters. The Balaban J connectivity index is 2.29. The number of anilines is 1. The number of rotatable bonds is 4. The zero-order valence-corrected chi connectivity index (χ0v) is 11.6. The number of hydrogen-bond acceptors (Lipinski definition) is 3. The van der Waals surface area contributed by atoms with E-state index in [0.29, 0.717) is 16.8 Å². The third kappa shape index (κ3) is 3.34. The first-order valence-corrected chi connectivity index (χ1v) is 6.35. The van der Waals surface area contributed by atoms with Crippen LogP contribution in [-0.2, 0) is 0 Å². The molecule has 2 rings (SSSR count). The smallest absolute Gasteiger partial charge is 0.274 e. The summed E-state index contributed by atoms with van der Waals surface area (Å²) in [7, 11) is 0. The first-order chi connectivity index (χ1) is 9.88. The average molecular weight is 292 g/mol. The van der Waals surface area contributed by atoms with Crippen LogP contribution in [0.15, 0.2) is 36.4 Å². The lowest BCUT2D eigenvalue weighted by Crippen LogP contribution is -2.09. The van der Waals surface area contributed by atoms with Gasteiger partial charge in [-0.25, -0.2) is 8.78 Å². The van der Waals surface area contributed by atoms with E-state index >= 15 is 0 Å².